The van der Waals surface area contributed by atoms with Crippen molar-refractivity contribution in [3.63, 3.8) is 0 Å². The van der Waals surface area contributed by atoms with Crippen LogP contribution in [0.4, 0.5) is 5.69 Å². The Morgan fingerprint density at radius 1 is 1.23 bits per heavy atom. The minimum atomic E-state index is -0.349. The van der Waals surface area contributed by atoms with E-state index in [0.29, 0.717) is 17.7 Å². The predicted molar refractivity (Wildman–Crippen MR) is 82.8 cm³/mol. The summed E-state index contributed by atoms with van der Waals surface area (Å²) in [6, 6.07) is 12.3. The summed E-state index contributed by atoms with van der Waals surface area (Å²) in [5.74, 6) is -0.349. The molecule has 1 aliphatic rings. The molecular weight excluding hydrogens is 278 g/mol. The van der Waals surface area contributed by atoms with Crippen LogP contribution in [0.1, 0.15) is 34.5 Å². The maximum absolute atomic E-state index is 12.5. The number of aromatic nitrogens is 1. The molecule has 0 spiro atoms. The van der Waals surface area contributed by atoms with E-state index in [1.165, 1.54) is 6.07 Å². The molecule has 0 unspecified atom stereocenters. The monoisotopic (exact) mass is 293 g/mol. The molecule has 1 amide bonds. The van der Waals surface area contributed by atoms with E-state index in [1.54, 1.807) is 28.8 Å². The van der Waals surface area contributed by atoms with Gasteiger partial charge in [-0.2, -0.15) is 5.26 Å². The van der Waals surface area contributed by atoms with Gasteiger partial charge in [0.25, 0.3) is 11.5 Å². The third-order valence-corrected chi connectivity index (χ3v) is 3.85. The van der Waals surface area contributed by atoms with Gasteiger partial charge >= 0.3 is 0 Å². The highest BCUT2D eigenvalue weighted by Gasteiger charge is 2.19. The Labute approximate surface area is 127 Å². The summed E-state index contributed by atoms with van der Waals surface area (Å²) >= 11 is 0. The highest BCUT2D eigenvalue weighted by molar-refractivity contribution is 6.04. The molecule has 2 heterocycles. The average Bonchev–Trinajstić information content (AvgIpc) is 2.58. The first-order valence-electron chi connectivity index (χ1n) is 7.24. The minimum Gasteiger partial charge on any atom is -0.317 e. The summed E-state index contributed by atoms with van der Waals surface area (Å²) in [4.78, 5) is 24.7. The average molecular weight is 293 g/mol. The lowest BCUT2D eigenvalue weighted by atomic mass is 10.0. The van der Waals surface area contributed by atoms with Gasteiger partial charge in [-0.15, -0.1) is 0 Å². The number of rotatable bonds is 2. The molecule has 0 bridgehead atoms. The van der Waals surface area contributed by atoms with Crippen molar-refractivity contribution in [3.8, 4) is 6.07 Å². The molecule has 0 fully saturated rings. The molecule has 3 rings (SSSR count). The van der Waals surface area contributed by atoms with Crippen LogP contribution in [-0.2, 0) is 13.0 Å². The van der Waals surface area contributed by atoms with Gasteiger partial charge in [-0.25, -0.2) is 0 Å². The van der Waals surface area contributed by atoms with Crippen LogP contribution in [-0.4, -0.2) is 10.5 Å². The quantitative estimate of drug-likeness (QED) is 0.923. The summed E-state index contributed by atoms with van der Waals surface area (Å²) in [6.07, 6.45) is 2.61. The molecule has 5 nitrogen and oxygen atoms in total. The molecule has 0 saturated carbocycles. The number of nitriles is 1. The van der Waals surface area contributed by atoms with Gasteiger partial charge in [-0.3, -0.25) is 9.59 Å². The van der Waals surface area contributed by atoms with Crippen molar-refractivity contribution >= 4 is 11.6 Å². The number of amides is 1. The highest BCUT2D eigenvalue weighted by Crippen LogP contribution is 2.19. The second-order valence-electron chi connectivity index (χ2n) is 5.26. The Morgan fingerprint density at radius 3 is 2.73 bits per heavy atom. The van der Waals surface area contributed by atoms with E-state index in [-0.39, 0.29) is 17.2 Å². The van der Waals surface area contributed by atoms with Crippen LogP contribution in [0.3, 0.4) is 0 Å². The fraction of sp³-hybridized carbons (Fsp3) is 0.235. The van der Waals surface area contributed by atoms with Gasteiger partial charge < -0.3 is 9.88 Å². The van der Waals surface area contributed by atoms with Crippen molar-refractivity contribution in [2.75, 3.05) is 5.32 Å². The third-order valence-electron chi connectivity index (χ3n) is 3.85. The van der Waals surface area contributed by atoms with Gasteiger partial charge in [0.15, 0.2) is 0 Å². The molecular formula is C17H15N3O2. The summed E-state index contributed by atoms with van der Waals surface area (Å²) in [5.41, 5.74) is 1.64. The number of benzene rings is 1. The molecule has 0 radical (unpaired) electrons. The summed E-state index contributed by atoms with van der Waals surface area (Å²) < 4.78 is 1.61. The van der Waals surface area contributed by atoms with Gasteiger partial charge in [0.2, 0.25) is 0 Å². The summed E-state index contributed by atoms with van der Waals surface area (Å²) in [7, 11) is 0. The first-order valence-corrected chi connectivity index (χ1v) is 7.24. The fourth-order valence-corrected chi connectivity index (χ4v) is 2.74. The second-order valence-corrected chi connectivity index (χ2v) is 5.26. The maximum atomic E-state index is 12.5. The van der Waals surface area contributed by atoms with Crippen molar-refractivity contribution in [1.82, 2.24) is 4.57 Å². The first kappa shape index (κ1) is 14.1. The Bertz CT molecular complexity index is 816. The molecule has 1 aromatic heterocycles. The zero-order valence-electron chi connectivity index (χ0n) is 12.0. The van der Waals surface area contributed by atoms with E-state index in [4.69, 9.17) is 0 Å². The Hall–Kier alpha value is -2.87. The molecule has 22 heavy (non-hydrogen) atoms. The number of nitrogens with one attached hydrogen (secondary N) is 1. The number of hydrogen-bond acceptors (Lipinski definition) is 3. The van der Waals surface area contributed by atoms with Gasteiger partial charge in [-0.1, -0.05) is 18.2 Å². The van der Waals surface area contributed by atoms with Crippen LogP contribution in [0, 0.1) is 11.3 Å². The third kappa shape index (κ3) is 2.51. The van der Waals surface area contributed by atoms with Gasteiger partial charge in [0.1, 0.15) is 11.8 Å². The van der Waals surface area contributed by atoms with Crippen molar-refractivity contribution in [2.24, 2.45) is 0 Å². The molecule has 0 aliphatic carbocycles. The molecule has 110 valence electrons. The SMILES string of the molecule is N#Cc1cc(NC(=O)c2ccccc2)c(=O)n2c1CCCC2. The lowest BCUT2D eigenvalue weighted by Gasteiger charge is -2.20. The molecule has 1 aliphatic heterocycles. The van der Waals surface area contributed by atoms with Gasteiger partial charge in [0.05, 0.1) is 5.56 Å². The molecule has 0 saturated heterocycles. The standard InChI is InChI=1S/C17H15N3O2/c18-11-13-10-14(17(22)20-9-5-4-8-15(13)20)19-16(21)12-6-2-1-3-7-12/h1-3,6-7,10H,4-5,8-9H2,(H,19,21). The molecule has 0 atom stereocenters. The second kappa shape index (κ2) is 5.86. The zero-order chi connectivity index (χ0) is 15.5. The molecule has 2 aromatic rings. The highest BCUT2D eigenvalue weighted by atomic mass is 16.2. The van der Waals surface area contributed by atoms with Crippen molar-refractivity contribution in [2.45, 2.75) is 25.8 Å². The number of nitrogens with zero attached hydrogens (tertiary/aromatic N) is 2. The molecule has 1 aromatic carbocycles. The number of pyridine rings is 1. The lowest BCUT2D eigenvalue weighted by Crippen LogP contribution is -2.31. The number of hydrogen-bond donors (Lipinski definition) is 1. The van der Waals surface area contributed by atoms with Crippen LogP contribution in [0.15, 0.2) is 41.2 Å². The summed E-state index contributed by atoms with van der Waals surface area (Å²) in [6.45, 7) is 0.595. The Kier molecular flexibility index (Phi) is 3.75. The lowest BCUT2D eigenvalue weighted by molar-refractivity contribution is 0.102. The van der Waals surface area contributed by atoms with E-state index >= 15 is 0 Å². The minimum absolute atomic E-state index is 0.163. The van der Waals surface area contributed by atoms with Crippen molar-refractivity contribution in [1.29, 1.82) is 5.26 Å². The number of carbonyl (C=O) groups is 1. The number of anilines is 1. The Morgan fingerprint density at radius 2 is 2.00 bits per heavy atom. The smallest absolute Gasteiger partial charge is 0.274 e. The maximum Gasteiger partial charge on any atom is 0.274 e. The zero-order valence-corrected chi connectivity index (χ0v) is 12.0. The number of carbonyl (C=O) groups excluding carboxylic acids is 1. The summed E-state index contributed by atoms with van der Waals surface area (Å²) in [5, 5.41) is 11.9. The van der Waals surface area contributed by atoms with E-state index in [2.05, 4.69) is 11.4 Å². The van der Waals surface area contributed by atoms with Crippen molar-refractivity contribution in [3.05, 3.63) is 63.6 Å². The first-order chi connectivity index (χ1) is 10.7. The largest absolute Gasteiger partial charge is 0.317 e. The van der Waals surface area contributed by atoms with E-state index in [1.807, 2.05) is 6.07 Å². The topological polar surface area (TPSA) is 74.9 Å². The van der Waals surface area contributed by atoms with Crippen LogP contribution in [0.5, 0.6) is 0 Å². The van der Waals surface area contributed by atoms with Crippen LogP contribution in [0.25, 0.3) is 0 Å². The van der Waals surface area contributed by atoms with Crippen LogP contribution in [0.2, 0.25) is 0 Å². The van der Waals surface area contributed by atoms with Gasteiger partial charge in [0, 0.05) is 17.8 Å². The van der Waals surface area contributed by atoms with Crippen molar-refractivity contribution < 1.29 is 4.79 Å². The van der Waals surface area contributed by atoms with Crippen LogP contribution < -0.4 is 10.9 Å². The molecule has 5 heteroatoms. The molecule has 1 N–H and O–H groups in total. The van der Waals surface area contributed by atoms with E-state index in [9.17, 15) is 14.9 Å². The fourth-order valence-electron chi connectivity index (χ4n) is 2.74. The number of fused-ring (bicyclic) bond motifs is 1. The van der Waals surface area contributed by atoms with E-state index < -0.39 is 0 Å². The predicted octanol–water partition coefficient (Wildman–Crippen LogP) is 2.31. The van der Waals surface area contributed by atoms with Crippen LogP contribution >= 0.6 is 0 Å². The van der Waals surface area contributed by atoms with Gasteiger partial charge in [-0.05, 0) is 37.5 Å². The normalized spacial score (nSPS) is 13.0. The Balaban J connectivity index is 2.00. The van der Waals surface area contributed by atoms with E-state index in [0.717, 1.165) is 25.0 Å².